The standard InChI is InChI=1S/C25H38N2O6/c1-3-6-22-8-10-23(11-9-22)27-25(29)7-5-13-26-24(28)12-15-31-17-19-33-21-20-32-18-16-30-14-4-2/h8-11H,4-5,7,12-21H2,1-2H3,(H,26,28)(H,27,29). The van der Waals surface area contributed by atoms with Crippen molar-refractivity contribution in [2.75, 3.05) is 64.7 Å². The van der Waals surface area contributed by atoms with Crippen LogP contribution >= 0.6 is 0 Å². The first-order chi connectivity index (χ1) is 16.2. The molecule has 8 nitrogen and oxygen atoms in total. The summed E-state index contributed by atoms with van der Waals surface area (Å²) in [5.41, 5.74) is 1.64. The third-order valence-corrected chi connectivity index (χ3v) is 4.28. The monoisotopic (exact) mass is 462 g/mol. The minimum atomic E-state index is -0.0948. The van der Waals surface area contributed by atoms with E-state index in [0.29, 0.717) is 65.6 Å². The Morgan fingerprint density at radius 3 is 1.94 bits per heavy atom. The maximum atomic E-state index is 12.0. The van der Waals surface area contributed by atoms with Crippen molar-refractivity contribution in [3.8, 4) is 11.8 Å². The summed E-state index contributed by atoms with van der Waals surface area (Å²) in [6.07, 6.45) is 2.19. The van der Waals surface area contributed by atoms with Crippen LogP contribution < -0.4 is 10.6 Å². The number of anilines is 1. The van der Waals surface area contributed by atoms with Gasteiger partial charge >= 0.3 is 0 Å². The first-order valence-corrected chi connectivity index (χ1v) is 11.6. The van der Waals surface area contributed by atoms with E-state index >= 15 is 0 Å². The predicted octanol–water partition coefficient (Wildman–Crippen LogP) is 2.76. The average molecular weight is 463 g/mol. The second kappa shape index (κ2) is 20.2. The van der Waals surface area contributed by atoms with Crippen LogP contribution in [0, 0.1) is 11.8 Å². The van der Waals surface area contributed by atoms with Crippen molar-refractivity contribution < 1.29 is 28.5 Å². The van der Waals surface area contributed by atoms with Crippen LogP contribution in [0.15, 0.2) is 24.3 Å². The highest BCUT2D eigenvalue weighted by atomic mass is 16.6. The average Bonchev–Trinajstić information content (AvgIpc) is 2.81. The number of benzene rings is 1. The quantitative estimate of drug-likeness (QED) is 0.243. The fourth-order valence-corrected chi connectivity index (χ4v) is 2.64. The molecule has 0 bridgehead atoms. The highest BCUT2D eigenvalue weighted by Gasteiger charge is 2.04. The molecule has 1 rings (SSSR count). The maximum absolute atomic E-state index is 12.0. The molecule has 0 atom stereocenters. The normalized spacial score (nSPS) is 10.4. The van der Waals surface area contributed by atoms with E-state index in [1.807, 2.05) is 24.3 Å². The summed E-state index contributed by atoms with van der Waals surface area (Å²) in [7, 11) is 0. The Hall–Kier alpha value is -2.44. The van der Waals surface area contributed by atoms with E-state index in [9.17, 15) is 9.59 Å². The summed E-state index contributed by atoms with van der Waals surface area (Å²) in [4.78, 5) is 23.8. The molecule has 0 radical (unpaired) electrons. The van der Waals surface area contributed by atoms with Crippen molar-refractivity contribution >= 4 is 17.5 Å². The molecule has 0 saturated heterocycles. The Morgan fingerprint density at radius 2 is 1.36 bits per heavy atom. The summed E-state index contributed by atoms with van der Waals surface area (Å²) in [6, 6.07) is 7.37. The number of amides is 2. The molecule has 184 valence electrons. The first kappa shape index (κ1) is 28.6. The van der Waals surface area contributed by atoms with Crippen molar-refractivity contribution in [1.29, 1.82) is 0 Å². The summed E-state index contributed by atoms with van der Waals surface area (Å²) in [5.74, 6) is 5.60. The summed E-state index contributed by atoms with van der Waals surface area (Å²) in [6.45, 7) is 8.49. The van der Waals surface area contributed by atoms with Crippen molar-refractivity contribution in [2.45, 2.75) is 39.5 Å². The van der Waals surface area contributed by atoms with E-state index in [0.717, 1.165) is 24.3 Å². The molecular formula is C25H38N2O6. The fourth-order valence-electron chi connectivity index (χ4n) is 2.64. The predicted molar refractivity (Wildman–Crippen MR) is 128 cm³/mol. The number of carbonyl (C=O) groups excluding carboxylic acids is 2. The lowest BCUT2D eigenvalue weighted by Crippen LogP contribution is -2.26. The summed E-state index contributed by atoms with van der Waals surface area (Å²) in [5, 5.41) is 5.63. The minimum Gasteiger partial charge on any atom is -0.379 e. The Kier molecular flexibility index (Phi) is 17.5. The Morgan fingerprint density at radius 1 is 0.788 bits per heavy atom. The first-order valence-electron chi connectivity index (χ1n) is 11.6. The molecule has 33 heavy (non-hydrogen) atoms. The number of nitrogens with one attached hydrogen (secondary N) is 2. The van der Waals surface area contributed by atoms with Crippen LogP contribution in [0.25, 0.3) is 0 Å². The van der Waals surface area contributed by atoms with E-state index in [2.05, 4.69) is 29.4 Å². The SMILES string of the molecule is CC#Cc1ccc(NC(=O)CCCNC(=O)CCOCCOCCOCCOCCC)cc1. The van der Waals surface area contributed by atoms with Gasteiger partial charge in [0.1, 0.15) is 0 Å². The van der Waals surface area contributed by atoms with Crippen molar-refractivity contribution in [1.82, 2.24) is 5.32 Å². The second-order valence-corrected chi connectivity index (χ2v) is 7.15. The molecule has 8 heteroatoms. The van der Waals surface area contributed by atoms with Crippen LogP contribution in [-0.2, 0) is 28.5 Å². The van der Waals surface area contributed by atoms with Gasteiger partial charge in [-0.15, -0.1) is 5.92 Å². The van der Waals surface area contributed by atoms with Crippen LogP contribution in [0.3, 0.4) is 0 Å². The van der Waals surface area contributed by atoms with Gasteiger partial charge in [-0.2, -0.15) is 0 Å². The molecule has 1 aromatic rings. The van der Waals surface area contributed by atoms with Gasteiger partial charge in [-0.05, 0) is 44.0 Å². The van der Waals surface area contributed by atoms with Crippen molar-refractivity contribution in [3.05, 3.63) is 29.8 Å². The topological polar surface area (TPSA) is 95.1 Å². The molecule has 0 aliphatic carbocycles. The lowest BCUT2D eigenvalue weighted by molar-refractivity contribution is -0.122. The molecule has 2 N–H and O–H groups in total. The molecule has 0 unspecified atom stereocenters. The van der Waals surface area contributed by atoms with Gasteiger partial charge in [-0.1, -0.05) is 12.8 Å². The van der Waals surface area contributed by atoms with Gasteiger partial charge in [-0.25, -0.2) is 0 Å². The minimum absolute atomic E-state index is 0.0860. The Balaban J connectivity index is 1.90. The van der Waals surface area contributed by atoms with Crippen LogP contribution in [0.5, 0.6) is 0 Å². The molecule has 0 fully saturated rings. The van der Waals surface area contributed by atoms with Crippen molar-refractivity contribution in [2.24, 2.45) is 0 Å². The van der Waals surface area contributed by atoms with E-state index in [1.54, 1.807) is 6.92 Å². The molecule has 2 amide bonds. The number of carbonyl (C=O) groups is 2. The van der Waals surface area contributed by atoms with E-state index in [1.165, 1.54) is 0 Å². The molecular weight excluding hydrogens is 424 g/mol. The highest BCUT2D eigenvalue weighted by Crippen LogP contribution is 2.09. The molecule has 0 aliphatic heterocycles. The van der Waals surface area contributed by atoms with Gasteiger partial charge < -0.3 is 29.6 Å². The van der Waals surface area contributed by atoms with Gasteiger partial charge in [0.15, 0.2) is 0 Å². The number of rotatable bonds is 19. The highest BCUT2D eigenvalue weighted by molar-refractivity contribution is 5.90. The summed E-state index contributed by atoms with van der Waals surface area (Å²) < 4.78 is 21.5. The smallest absolute Gasteiger partial charge is 0.224 e. The van der Waals surface area contributed by atoms with Crippen molar-refractivity contribution in [3.63, 3.8) is 0 Å². The number of hydrogen-bond donors (Lipinski definition) is 2. The van der Waals surface area contributed by atoms with Gasteiger partial charge in [0, 0.05) is 37.2 Å². The van der Waals surface area contributed by atoms with Gasteiger partial charge in [0.05, 0.1) is 46.2 Å². The van der Waals surface area contributed by atoms with Crippen LogP contribution in [0.2, 0.25) is 0 Å². The lowest BCUT2D eigenvalue weighted by atomic mass is 10.2. The van der Waals surface area contributed by atoms with Gasteiger partial charge in [-0.3, -0.25) is 9.59 Å². The molecule has 1 aromatic carbocycles. The number of ether oxygens (including phenoxy) is 4. The van der Waals surface area contributed by atoms with Gasteiger partial charge in [0.25, 0.3) is 0 Å². The second-order valence-electron chi connectivity index (χ2n) is 7.15. The zero-order valence-corrected chi connectivity index (χ0v) is 20.0. The van der Waals surface area contributed by atoms with Gasteiger partial charge in [0.2, 0.25) is 11.8 Å². The molecule has 0 heterocycles. The largest absolute Gasteiger partial charge is 0.379 e. The molecule has 0 spiro atoms. The van der Waals surface area contributed by atoms with E-state index in [4.69, 9.17) is 18.9 Å². The fraction of sp³-hybridized carbons (Fsp3) is 0.600. The third-order valence-electron chi connectivity index (χ3n) is 4.28. The van der Waals surface area contributed by atoms with E-state index < -0.39 is 0 Å². The maximum Gasteiger partial charge on any atom is 0.224 e. The zero-order valence-electron chi connectivity index (χ0n) is 20.0. The molecule has 0 aliphatic rings. The lowest BCUT2D eigenvalue weighted by Gasteiger charge is -2.08. The van der Waals surface area contributed by atoms with Crippen LogP contribution in [0.4, 0.5) is 5.69 Å². The Labute approximate surface area is 197 Å². The number of hydrogen-bond acceptors (Lipinski definition) is 6. The summed E-state index contributed by atoms with van der Waals surface area (Å²) >= 11 is 0. The molecule has 0 saturated carbocycles. The van der Waals surface area contributed by atoms with Crippen LogP contribution in [-0.4, -0.2) is 71.2 Å². The molecule has 0 aromatic heterocycles. The van der Waals surface area contributed by atoms with Crippen LogP contribution in [0.1, 0.15) is 45.1 Å². The Bertz CT molecular complexity index is 712. The third kappa shape index (κ3) is 16.8. The zero-order chi connectivity index (χ0) is 24.0. The van der Waals surface area contributed by atoms with E-state index in [-0.39, 0.29) is 18.2 Å².